The van der Waals surface area contributed by atoms with Crippen molar-refractivity contribution in [3.8, 4) is 5.75 Å². The second-order valence-corrected chi connectivity index (χ2v) is 7.06. The summed E-state index contributed by atoms with van der Waals surface area (Å²) in [4.78, 5) is 27.1. The molecule has 7 heteroatoms. The van der Waals surface area contributed by atoms with Crippen molar-refractivity contribution in [2.24, 2.45) is 0 Å². The second-order valence-electron chi connectivity index (χ2n) is 6.62. The zero-order valence-corrected chi connectivity index (χ0v) is 15.2. The molecule has 1 aromatic carbocycles. The number of methoxy groups -OCH3 is 1. The fourth-order valence-corrected chi connectivity index (χ4v) is 2.82. The zero-order chi connectivity index (χ0) is 17.9. The average Bonchev–Trinajstić information content (AvgIpc) is 2.52. The summed E-state index contributed by atoms with van der Waals surface area (Å²) in [6.45, 7) is 7.81. The number of piperazine rings is 1. The average molecular weight is 355 g/mol. The number of anilines is 1. The van der Waals surface area contributed by atoms with Crippen molar-refractivity contribution in [3.63, 3.8) is 0 Å². The quantitative estimate of drug-likeness (QED) is 0.780. The standard InChI is InChI=1S/C17H23ClN2O4/c1-17(2,3)24-16(22)20-7-5-19(6-8-20)14-10-13(18)9-12(11-21)15(14)23-4/h9-11H,5-8H2,1-4H3. The van der Waals surface area contributed by atoms with Crippen molar-refractivity contribution in [1.29, 1.82) is 0 Å². The largest absolute Gasteiger partial charge is 0.494 e. The van der Waals surface area contributed by atoms with E-state index in [9.17, 15) is 9.59 Å². The van der Waals surface area contributed by atoms with Gasteiger partial charge in [0.1, 0.15) is 5.60 Å². The summed E-state index contributed by atoms with van der Waals surface area (Å²) in [5, 5.41) is 0.475. The number of benzene rings is 1. The molecule has 1 saturated heterocycles. The van der Waals surface area contributed by atoms with Crippen molar-refractivity contribution < 1.29 is 19.1 Å². The van der Waals surface area contributed by atoms with Gasteiger partial charge >= 0.3 is 6.09 Å². The van der Waals surface area contributed by atoms with Crippen molar-refractivity contribution >= 4 is 29.7 Å². The van der Waals surface area contributed by atoms with Gasteiger partial charge in [0.2, 0.25) is 0 Å². The summed E-state index contributed by atoms with van der Waals surface area (Å²) < 4.78 is 10.8. The van der Waals surface area contributed by atoms with Gasteiger partial charge in [-0.3, -0.25) is 4.79 Å². The molecule has 6 nitrogen and oxygen atoms in total. The van der Waals surface area contributed by atoms with Crippen LogP contribution in [0.3, 0.4) is 0 Å². The van der Waals surface area contributed by atoms with Crippen LogP contribution in [0.2, 0.25) is 5.02 Å². The van der Waals surface area contributed by atoms with Crippen LogP contribution in [-0.2, 0) is 4.74 Å². The topological polar surface area (TPSA) is 59.1 Å². The molecule has 132 valence electrons. The molecule has 0 spiro atoms. The summed E-state index contributed by atoms with van der Waals surface area (Å²) in [5.41, 5.74) is 0.661. The maximum atomic E-state index is 12.1. The maximum absolute atomic E-state index is 12.1. The number of nitrogens with zero attached hydrogens (tertiary/aromatic N) is 2. The first-order valence-corrected chi connectivity index (χ1v) is 8.18. The van der Waals surface area contributed by atoms with E-state index >= 15 is 0 Å². The lowest BCUT2D eigenvalue weighted by Crippen LogP contribution is -2.50. The fraction of sp³-hybridized carbons (Fsp3) is 0.529. The van der Waals surface area contributed by atoms with E-state index in [4.69, 9.17) is 21.1 Å². The molecule has 0 N–H and O–H groups in total. The summed E-state index contributed by atoms with van der Waals surface area (Å²) >= 11 is 6.10. The Morgan fingerprint density at radius 2 is 1.83 bits per heavy atom. The van der Waals surface area contributed by atoms with Crippen LogP contribution in [-0.4, -0.2) is 56.2 Å². The first-order chi connectivity index (χ1) is 11.2. The van der Waals surface area contributed by atoms with Gasteiger partial charge in [-0.05, 0) is 32.9 Å². The minimum Gasteiger partial charge on any atom is -0.494 e. The SMILES string of the molecule is COc1c(C=O)cc(Cl)cc1N1CCN(C(=O)OC(C)(C)C)CC1. The summed E-state index contributed by atoms with van der Waals surface area (Å²) in [6.07, 6.45) is 0.416. The van der Waals surface area contributed by atoms with E-state index < -0.39 is 5.60 Å². The Balaban J connectivity index is 2.11. The van der Waals surface area contributed by atoms with Crippen LogP contribution in [0.4, 0.5) is 10.5 Å². The molecule has 24 heavy (non-hydrogen) atoms. The normalized spacial score (nSPS) is 15.2. The number of hydrogen-bond acceptors (Lipinski definition) is 5. The first kappa shape index (κ1) is 18.4. The predicted octanol–water partition coefficient (Wildman–Crippen LogP) is 3.22. The Morgan fingerprint density at radius 1 is 1.21 bits per heavy atom. The Bertz CT molecular complexity index is 620. The van der Waals surface area contributed by atoms with Crippen molar-refractivity contribution in [3.05, 3.63) is 22.7 Å². The highest BCUT2D eigenvalue weighted by molar-refractivity contribution is 6.31. The summed E-state index contributed by atoms with van der Waals surface area (Å²) in [7, 11) is 1.52. The summed E-state index contributed by atoms with van der Waals surface area (Å²) in [5.74, 6) is 0.500. The third kappa shape index (κ3) is 4.32. The monoisotopic (exact) mass is 354 g/mol. The summed E-state index contributed by atoms with van der Waals surface area (Å²) in [6, 6.07) is 3.35. The van der Waals surface area contributed by atoms with E-state index in [0.29, 0.717) is 42.5 Å². The number of rotatable bonds is 3. The van der Waals surface area contributed by atoms with Crippen LogP contribution in [0.15, 0.2) is 12.1 Å². The van der Waals surface area contributed by atoms with Gasteiger partial charge in [-0.25, -0.2) is 4.79 Å². The number of carbonyl (C=O) groups excluding carboxylic acids is 2. The molecule has 1 aromatic rings. The minimum absolute atomic E-state index is 0.311. The molecule has 0 bridgehead atoms. The van der Waals surface area contributed by atoms with Gasteiger partial charge in [-0.15, -0.1) is 0 Å². The highest BCUT2D eigenvalue weighted by atomic mass is 35.5. The molecule has 0 aromatic heterocycles. The Morgan fingerprint density at radius 3 is 2.33 bits per heavy atom. The van der Waals surface area contributed by atoms with E-state index in [1.165, 1.54) is 7.11 Å². The smallest absolute Gasteiger partial charge is 0.410 e. The molecule has 0 unspecified atom stereocenters. The van der Waals surface area contributed by atoms with Gasteiger partial charge in [-0.2, -0.15) is 0 Å². The van der Waals surface area contributed by atoms with Gasteiger partial charge in [-0.1, -0.05) is 11.6 Å². The third-order valence-electron chi connectivity index (χ3n) is 3.67. The number of ether oxygens (including phenoxy) is 2. The van der Waals surface area contributed by atoms with Gasteiger partial charge < -0.3 is 19.3 Å². The van der Waals surface area contributed by atoms with Crippen molar-refractivity contribution in [2.75, 3.05) is 38.2 Å². The molecule has 0 atom stereocenters. The second kappa shape index (κ2) is 7.30. The highest BCUT2D eigenvalue weighted by Crippen LogP contribution is 2.35. The molecule has 1 aliphatic heterocycles. The van der Waals surface area contributed by atoms with Crippen LogP contribution >= 0.6 is 11.6 Å². The van der Waals surface area contributed by atoms with Crippen molar-refractivity contribution in [1.82, 2.24) is 4.90 Å². The van der Waals surface area contributed by atoms with Crippen LogP contribution in [0.25, 0.3) is 0 Å². The van der Waals surface area contributed by atoms with E-state index in [0.717, 1.165) is 12.0 Å². The first-order valence-electron chi connectivity index (χ1n) is 7.80. The number of hydrogen-bond donors (Lipinski definition) is 0. The number of amides is 1. The highest BCUT2D eigenvalue weighted by Gasteiger charge is 2.27. The molecular formula is C17H23ClN2O4. The van der Waals surface area contributed by atoms with E-state index in [2.05, 4.69) is 4.90 Å². The van der Waals surface area contributed by atoms with Gasteiger partial charge in [0.05, 0.1) is 18.4 Å². The van der Waals surface area contributed by atoms with E-state index in [1.807, 2.05) is 20.8 Å². The van der Waals surface area contributed by atoms with Gasteiger partial charge in [0, 0.05) is 31.2 Å². The molecule has 2 rings (SSSR count). The van der Waals surface area contributed by atoms with Crippen LogP contribution in [0.1, 0.15) is 31.1 Å². The molecule has 1 fully saturated rings. The Kier molecular flexibility index (Phi) is 5.59. The van der Waals surface area contributed by atoms with Gasteiger partial charge in [0.15, 0.2) is 12.0 Å². The minimum atomic E-state index is -0.511. The lowest BCUT2D eigenvalue weighted by Gasteiger charge is -2.37. The molecule has 0 radical (unpaired) electrons. The van der Waals surface area contributed by atoms with Crippen LogP contribution < -0.4 is 9.64 Å². The fourth-order valence-electron chi connectivity index (χ4n) is 2.60. The Hall–Kier alpha value is -1.95. The van der Waals surface area contributed by atoms with Crippen LogP contribution in [0, 0.1) is 0 Å². The van der Waals surface area contributed by atoms with Crippen molar-refractivity contribution in [2.45, 2.75) is 26.4 Å². The molecular weight excluding hydrogens is 332 g/mol. The maximum Gasteiger partial charge on any atom is 0.410 e. The van der Waals surface area contributed by atoms with Crippen LogP contribution in [0.5, 0.6) is 5.75 Å². The molecule has 0 saturated carbocycles. The number of halogens is 1. The number of aldehydes is 1. The molecule has 1 aliphatic rings. The predicted molar refractivity (Wildman–Crippen MR) is 93.4 cm³/mol. The molecule has 1 amide bonds. The van der Waals surface area contributed by atoms with E-state index in [-0.39, 0.29) is 6.09 Å². The number of carbonyl (C=O) groups is 2. The van der Waals surface area contributed by atoms with E-state index in [1.54, 1.807) is 17.0 Å². The molecule has 0 aliphatic carbocycles. The molecule has 1 heterocycles. The lowest BCUT2D eigenvalue weighted by atomic mass is 10.1. The Labute approximate surface area is 147 Å². The third-order valence-corrected chi connectivity index (χ3v) is 3.88. The van der Waals surface area contributed by atoms with Gasteiger partial charge in [0.25, 0.3) is 0 Å². The zero-order valence-electron chi connectivity index (χ0n) is 14.5. The lowest BCUT2D eigenvalue weighted by molar-refractivity contribution is 0.0240.